The van der Waals surface area contributed by atoms with Crippen molar-refractivity contribution >= 4 is 23.6 Å². The molecule has 0 heterocycles. The van der Waals surface area contributed by atoms with Crippen LogP contribution in [0.25, 0.3) is 0 Å². The number of hydrogen-bond donors (Lipinski definition) is 3. The van der Waals surface area contributed by atoms with Gasteiger partial charge in [-0.2, -0.15) is 13.2 Å². The Hall–Kier alpha value is -2.78. The molecule has 1 aromatic rings. The van der Waals surface area contributed by atoms with Crippen LogP contribution in [0.1, 0.15) is 29.8 Å². The van der Waals surface area contributed by atoms with E-state index in [9.17, 15) is 27.6 Å². The molecule has 0 saturated heterocycles. The van der Waals surface area contributed by atoms with Crippen LogP contribution in [0.2, 0.25) is 0 Å². The molecule has 0 aromatic heterocycles. The number of nitrogens with one attached hydrogen (secondary N) is 1. The molecule has 7 nitrogen and oxygen atoms in total. The number of ether oxygens (including phenoxy) is 1. The van der Waals surface area contributed by atoms with Crippen molar-refractivity contribution in [3.63, 3.8) is 0 Å². The largest absolute Gasteiger partial charge is 0.448 e. The van der Waals surface area contributed by atoms with Gasteiger partial charge in [0.25, 0.3) is 5.91 Å². The molecular formula is C14H16F3N3O4. The van der Waals surface area contributed by atoms with Gasteiger partial charge in [0.15, 0.2) is 6.10 Å². The van der Waals surface area contributed by atoms with Gasteiger partial charge in [-0.3, -0.25) is 10.1 Å². The summed E-state index contributed by atoms with van der Waals surface area (Å²) in [5, 5.41) is 1.77. The Morgan fingerprint density at radius 2 is 1.79 bits per heavy atom. The van der Waals surface area contributed by atoms with Crippen LogP contribution < -0.4 is 16.8 Å². The van der Waals surface area contributed by atoms with Gasteiger partial charge in [-0.25, -0.2) is 9.59 Å². The summed E-state index contributed by atoms with van der Waals surface area (Å²) in [6, 6.07) is 0.977. The molecular weight excluding hydrogens is 331 g/mol. The number of rotatable bonds is 4. The molecule has 10 heteroatoms. The van der Waals surface area contributed by atoms with E-state index in [1.165, 1.54) is 13.8 Å². The molecule has 0 aliphatic carbocycles. The highest BCUT2D eigenvalue weighted by Gasteiger charge is 2.32. The smallest absolute Gasteiger partial charge is 0.416 e. The van der Waals surface area contributed by atoms with Crippen LogP contribution >= 0.6 is 0 Å². The van der Waals surface area contributed by atoms with Crippen LogP contribution in [0.15, 0.2) is 18.2 Å². The molecule has 0 radical (unpaired) electrons. The monoisotopic (exact) mass is 347 g/mol. The standard InChI is InChI=1S/C14H16F3N3O4/c1-6(2)10(11(21)20-13(19)23)24-12(22)8-4-3-7(5-9(8)18)14(15,16)17/h3-6,10H,18H2,1-2H3,(H3,19,20,21,23)/t10-/m0/s1. The molecule has 1 aromatic carbocycles. The van der Waals surface area contributed by atoms with Gasteiger partial charge < -0.3 is 16.2 Å². The second kappa shape index (κ2) is 7.20. The SMILES string of the molecule is CC(C)[C@H](OC(=O)c1ccc(C(F)(F)F)cc1N)C(=O)NC(N)=O. The Morgan fingerprint density at radius 3 is 2.21 bits per heavy atom. The summed E-state index contributed by atoms with van der Waals surface area (Å²) in [6.07, 6.45) is -5.98. The summed E-state index contributed by atoms with van der Waals surface area (Å²) in [5.41, 5.74) is 8.46. The van der Waals surface area contributed by atoms with Crippen molar-refractivity contribution in [2.24, 2.45) is 11.7 Å². The van der Waals surface area contributed by atoms with Gasteiger partial charge in [-0.15, -0.1) is 0 Å². The Morgan fingerprint density at radius 1 is 1.21 bits per heavy atom. The maximum atomic E-state index is 12.6. The van der Waals surface area contributed by atoms with Crippen LogP contribution in [0.5, 0.6) is 0 Å². The number of imide groups is 1. The van der Waals surface area contributed by atoms with Crippen molar-refractivity contribution in [3.8, 4) is 0 Å². The second-order valence-corrected chi connectivity index (χ2v) is 5.22. The molecule has 1 atom stereocenters. The number of primary amides is 1. The lowest BCUT2D eigenvalue weighted by Gasteiger charge is -2.20. The average Bonchev–Trinajstić information content (AvgIpc) is 2.42. The number of anilines is 1. The lowest BCUT2D eigenvalue weighted by atomic mass is 10.1. The zero-order valence-electron chi connectivity index (χ0n) is 12.8. The number of urea groups is 1. The molecule has 0 saturated carbocycles. The van der Waals surface area contributed by atoms with Gasteiger partial charge in [0.2, 0.25) is 0 Å². The quantitative estimate of drug-likeness (QED) is 0.564. The van der Waals surface area contributed by atoms with Gasteiger partial charge >= 0.3 is 18.2 Å². The third-order valence-electron chi connectivity index (χ3n) is 2.94. The lowest BCUT2D eigenvalue weighted by Crippen LogP contribution is -2.45. The topological polar surface area (TPSA) is 125 Å². The molecule has 0 bridgehead atoms. The van der Waals surface area contributed by atoms with Crippen LogP contribution in [0.3, 0.4) is 0 Å². The van der Waals surface area contributed by atoms with E-state index in [1.807, 2.05) is 0 Å². The first-order valence-corrected chi connectivity index (χ1v) is 6.71. The van der Waals surface area contributed by atoms with Gasteiger partial charge in [0.05, 0.1) is 11.1 Å². The molecule has 1 rings (SSSR count). The molecule has 0 aliphatic heterocycles. The summed E-state index contributed by atoms with van der Waals surface area (Å²) >= 11 is 0. The lowest BCUT2D eigenvalue weighted by molar-refractivity contribution is -0.137. The second-order valence-electron chi connectivity index (χ2n) is 5.22. The number of esters is 1. The zero-order valence-corrected chi connectivity index (χ0v) is 12.8. The predicted octanol–water partition coefficient (Wildman–Crippen LogP) is 1.66. The van der Waals surface area contributed by atoms with Crippen LogP contribution in [-0.2, 0) is 15.7 Å². The summed E-state index contributed by atoms with van der Waals surface area (Å²) in [6.45, 7) is 3.07. The summed E-state index contributed by atoms with van der Waals surface area (Å²) in [5.74, 6) is -2.57. The predicted molar refractivity (Wildman–Crippen MR) is 77.6 cm³/mol. The Kier molecular flexibility index (Phi) is 5.78. The van der Waals surface area contributed by atoms with E-state index in [4.69, 9.17) is 16.2 Å². The first-order valence-electron chi connectivity index (χ1n) is 6.71. The third-order valence-corrected chi connectivity index (χ3v) is 2.94. The number of hydrogen-bond acceptors (Lipinski definition) is 5. The fraction of sp³-hybridized carbons (Fsp3) is 0.357. The molecule has 0 spiro atoms. The molecule has 132 valence electrons. The van der Waals surface area contributed by atoms with Crippen molar-refractivity contribution in [3.05, 3.63) is 29.3 Å². The minimum atomic E-state index is -4.61. The number of halogens is 3. The van der Waals surface area contributed by atoms with Gasteiger partial charge in [-0.05, 0) is 24.1 Å². The highest BCUT2D eigenvalue weighted by atomic mass is 19.4. The minimum Gasteiger partial charge on any atom is -0.448 e. The van der Waals surface area contributed by atoms with Crippen molar-refractivity contribution in [1.29, 1.82) is 0 Å². The van der Waals surface area contributed by atoms with E-state index < -0.39 is 47.4 Å². The highest BCUT2D eigenvalue weighted by Crippen LogP contribution is 2.31. The van der Waals surface area contributed by atoms with Crippen LogP contribution in [0, 0.1) is 5.92 Å². The van der Waals surface area contributed by atoms with E-state index in [2.05, 4.69) is 0 Å². The highest BCUT2D eigenvalue weighted by molar-refractivity contribution is 6.00. The minimum absolute atomic E-state index is 0.333. The zero-order chi connectivity index (χ0) is 18.7. The van der Waals surface area contributed by atoms with Gasteiger partial charge in [-0.1, -0.05) is 13.8 Å². The molecule has 0 fully saturated rings. The fourth-order valence-corrected chi connectivity index (χ4v) is 1.79. The van der Waals surface area contributed by atoms with E-state index in [0.29, 0.717) is 12.1 Å². The Bertz CT molecular complexity index is 659. The number of benzene rings is 1. The van der Waals surface area contributed by atoms with Crippen molar-refractivity contribution in [1.82, 2.24) is 5.32 Å². The van der Waals surface area contributed by atoms with E-state index in [0.717, 1.165) is 6.07 Å². The molecule has 3 amide bonds. The number of carbonyl (C=O) groups excluding carboxylic acids is 3. The summed E-state index contributed by atoms with van der Waals surface area (Å²) in [4.78, 5) is 34.5. The van der Waals surface area contributed by atoms with Crippen molar-refractivity contribution in [2.45, 2.75) is 26.1 Å². The van der Waals surface area contributed by atoms with Crippen LogP contribution in [-0.4, -0.2) is 24.0 Å². The third kappa shape index (κ3) is 4.86. The number of carbonyl (C=O) groups is 3. The van der Waals surface area contributed by atoms with Crippen molar-refractivity contribution < 1.29 is 32.3 Å². The Balaban J connectivity index is 3.00. The van der Waals surface area contributed by atoms with E-state index in [-0.39, 0.29) is 5.56 Å². The number of alkyl halides is 3. The maximum Gasteiger partial charge on any atom is 0.416 e. The number of amides is 3. The summed E-state index contributed by atoms with van der Waals surface area (Å²) < 4.78 is 42.7. The molecule has 0 unspecified atom stereocenters. The molecule has 5 N–H and O–H groups in total. The molecule has 0 aliphatic rings. The molecule has 24 heavy (non-hydrogen) atoms. The average molecular weight is 347 g/mol. The van der Waals surface area contributed by atoms with E-state index in [1.54, 1.807) is 5.32 Å². The summed E-state index contributed by atoms with van der Waals surface area (Å²) in [7, 11) is 0. The van der Waals surface area contributed by atoms with Gasteiger partial charge in [0.1, 0.15) is 0 Å². The maximum absolute atomic E-state index is 12.6. The normalized spacial score (nSPS) is 12.6. The fourth-order valence-electron chi connectivity index (χ4n) is 1.79. The van der Waals surface area contributed by atoms with Crippen LogP contribution in [0.4, 0.5) is 23.7 Å². The first kappa shape index (κ1) is 19.3. The Labute approximate surface area is 135 Å². The number of nitrogen functional groups attached to an aromatic ring is 1. The number of nitrogens with two attached hydrogens (primary N) is 2. The first-order chi connectivity index (χ1) is 10.9. The van der Waals surface area contributed by atoms with E-state index >= 15 is 0 Å². The van der Waals surface area contributed by atoms with Gasteiger partial charge in [0, 0.05) is 5.69 Å². The van der Waals surface area contributed by atoms with Crippen molar-refractivity contribution in [2.75, 3.05) is 5.73 Å².